The summed E-state index contributed by atoms with van der Waals surface area (Å²) in [5, 5.41) is 34.2. The Hall–Kier alpha value is -2.64. The molecule has 0 atom stereocenters. The average molecular weight is 335 g/mol. The topological polar surface area (TPSA) is 118 Å². The first kappa shape index (κ1) is 16.7. The van der Waals surface area contributed by atoms with Crippen LogP contribution in [0.5, 0.6) is 5.75 Å². The van der Waals surface area contributed by atoms with Crippen molar-refractivity contribution in [2.45, 2.75) is 13.5 Å². The Kier molecular flexibility index (Phi) is 5.15. The van der Waals surface area contributed by atoms with Crippen LogP contribution in [0.3, 0.4) is 0 Å². The number of hydrazone groups is 1. The van der Waals surface area contributed by atoms with Crippen LogP contribution in [0.2, 0.25) is 5.02 Å². The first-order valence-electron chi connectivity index (χ1n) is 6.52. The van der Waals surface area contributed by atoms with Gasteiger partial charge in [-0.15, -0.1) is 0 Å². The molecule has 0 saturated carbocycles. The minimum atomic E-state index is -1.16. The Bertz CT molecular complexity index is 778. The summed E-state index contributed by atoms with van der Waals surface area (Å²) in [6, 6.07) is 4.30. The Morgan fingerprint density at radius 3 is 2.91 bits per heavy atom. The number of pyridine rings is 1. The number of aromatic carboxylic acids is 1. The summed E-state index contributed by atoms with van der Waals surface area (Å²) < 4.78 is 0. The van der Waals surface area contributed by atoms with Crippen molar-refractivity contribution in [1.82, 2.24) is 4.98 Å². The van der Waals surface area contributed by atoms with Crippen molar-refractivity contribution < 1.29 is 20.1 Å². The third-order valence-corrected chi connectivity index (χ3v) is 3.42. The number of carboxylic acids is 1. The van der Waals surface area contributed by atoms with Gasteiger partial charge in [-0.3, -0.25) is 10.4 Å². The molecule has 0 saturated heterocycles. The number of halogens is 1. The van der Waals surface area contributed by atoms with E-state index in [1.807, 2.05) is 0 Å². The van der Waals surface area contributed by atoms with Gasteiger partial charge in [0.25, 0.3) is 0 Å². The molecule has 0 aliphatic heterocycles. The summed E-state index contributed by atoms with van der Waals surface area (Å²) >= 11 is 5.78. The van der Waals surface area contributed by atoms with Gasteiger partial charge in [0.05, 0.1) is 29.1 Å². The van der Waals surface area contributed by atoms with Gasteiger partial charge in [0.2, 0.25) is 0 Å². The van der Waals surface area contributed by atoms with E-state index in [9.17, 15) is 15.0 Å². The fourth-order valence-electron chi connectivity index (χ4n) is 1.84. The van der Waals surface area contributed by atoms with E-state index in [1.54, 1.807) is 13.0 Å². The highest BCUT2D eigenvalue weighted by atomic mass is 35.5. The predicted molar refractivity (Wildman–Crippen MR) is 84.0 cm³/mol. The number of hydrogen-bond acceptors (Lipinski definition) is 6. The van der Waals surface area contributed by atoms with E-state index in [0.717, 1.165) is 0 Å². The number of hydrogen-bond donors (Lipinski definition) is 3. The molecule has 0 aliphatic rings. The van der Waals surface area contributed by atoms with Crippen molar-refractivity contribution >= 4 is 29.5 Å². The highest BCUT2D eigenvalue weighted by molar-refractivity contribution is 6.33. The zero-order valence-corrected chi connectivity index (χ0v) is 12.8. The summed E-state index contributed by atoms with van der Waals surface area (Å²) in [6.07, 6.45) is 2.67. The van der Waals surface area contributed by atoms with E-state index in [1.165, 1.54) is 24.5 Å². The van der Waals surface area contributed by atoms with E-state index in [2.05, 4.69) is 15.5 Å². The van der Waals surface area contributed by atoms with Crippen LogP contribution in [0.15, 0.2) is 29.5 Å². The molecule has 0 aliphatic carbocycles. The SMILES string of the molecule is Cc1ncc(CO)c(/C=N/Nc2ccc(Cl)c(C(=O)O)c2)c1[O-]. The Balaban J connectivity index is 2.25. The fourth-order valence-corrected chi connectivity index (χ4v) is 2.04. The summed E-state index contributed by atoms with van der Waals surface area (Å²) in [5.74, 6) is -1.48. The number of rotatable bonds is 5. The quantitative estimate of drug-likeness (QED) is 0.566. The lowest BCUT2D eigenvalue weighted by atomic mass is 10.1. The zero-order valence-electron chi connectivity index (χ0n) is 12.1. The van der Waals surface area contributed by atoms with Crippen molar-refractivity contribution in [2.75, 3.05) is 5.43 Å². The van der Waals surface area contributed by atoms with Gasteiger partial charge in [-0.1, -0.05) is 17.4 Å². The molecule has 0 radical (unpaired) electrons. The van der Waals surface area contributed by atoms with Gasteiger partial charge in [-0.25, -0.2) is 4.79 Å². The maximum Gasteiger partial charge on any atom is 0.337 e. The van der Waals surface area contributed by atoms with Gasteiger partial charge >= 0.3 is 5.97 Å². The molecule has 3 N–H and O–H groups in total. The minimum Gasteiger partial charge on any atom is -0.871 e. The number of nitrogens with one attached hydrogen (secondary N) is 1. The van der Waals surface area contributed by atoms with Crippen molar-refractivity contribution in [3.05, 3.63) is 51.8 Å². The van der Waals surface area contributed by atoms with Gasteiger partial charge in [0, 0.05) is 17.5 Å². The number of anilines is 1. The maximum absolute atomic E-state index is 12.0. The van der Waals surface area contributed by atoms with Crippen LogP contribution >= 0.6 is 11.6 Å². The van der Waals surface area contributed by atoms with Crippen molar-refractivity contribution in [2.24, 2.45) is 5.10 Å². The number of carbonyl (C=O) groups is 1. The van der Waals surface area contributed by atoms with Crippen LogP contribution in [-0.2, 0) is 6.61 Å². The number of aromatic nitrogens is 1. The number of aliphatic hydroxyl groups excluding tert-OH is 1. The first-order valence-corrected chi connectivity index (χ1v) is 6.90. The van der Waals surface area contributed by atoms with Gasteiger partial charge in [0.1, 0.15) is 0 Å². The smallest absolute Gasteiger partial charge is 0.337 e. The normalized spacial score (nSPS) is 10.9. The van der Waals surface area contributed by atoms with Crippen LogP contribution in [-0.4, -0.2) is 27.4 Å². The molecular weight excluding hydrogens is 322 g/mol. The first-order chi connectivity index (χ1) is 10.9. The van der Waals surface area contributed by atoms with Crippen molar-refractivity contribution in [3.63, 3.8) is 0 Å². The maximum atomic E-state index is 12.0. The van der Waals surface area contributed by atoms with Gasteiger partial charge < -0.3 is 15.3 Å². The summed E-state index contributed by atoms with van der Waals surface area (Å²) in [4.78, 5) is 14.9. The number of benzene rings is 1. The molecule has 0 spiro atoms. The molecule has 0 unspecified atom stereocenters. The Morgan fingerprint density at radius 2 is 2.26 bits per heavy atom. The molecule has 1 heterocycles. The van der Waals surface area contributed by atoms with Crippen molar-refractivity contribution in [1.29, 1.82) is 0 Å². The van der Waals surface area contributed by atoms with Crippen LogP contribution in [0.25, 0.3) is 0 Å². The molecule has 120 valence electrons. The van der Waals surface area contributed by atoms with E-state index >= 15 is 0 Å². The molecule has 7 nitrogen and oxygen atoms in total. The summed E-state index contributed by atoms with van der Waals surface area (Å²) in [6.45, 7) is 1.22. The molecule has 0 bridgehead atoms. The average Bonchev–Trinajstić information content (AvgIpc) is 2.53. The standard InChI is InChI=1S/C15H14ClN3O4/c1-8-14(21)12(9(7-20)5-17-8)6-18-19-10-2-3-13(16)11(4-10)15(22)23/h2-6,19-21H,7H2,1H3,(H,22,23)/p-1/b18-6+. The van der Waals surface area contributed by atoms with E-state index in [0.29, 0.717) is 16.9 Å². The molecule has 1 aromatic heterocycles. The van der Waals surface area contributed by atoms with Crippen molar-refractivity contribution in [3.8, 4) is 5.75 Å². The summed E-state index contributed by atoms with van der Waals surface area (Å²) in [5.41, 5.74) is 3.82. The van der Waals surface area contributed by atoms with Crippen LogP contribution in [0.4, 0.5) is 5.69 Å². The molecule has 1 aromatic carbocycles. The molecule has 23 heavy (non-hydrogen) atoms. The fraction of sp³-hybridized carbons (Fsp3) is 0.133. The molecule has 0 fully saturated rings. The van der Waals surface area contributed by atoms with Crippen LogP contribution in [0, 0.1) is 6.92 Å². The highest BCUT2D eigenvalue weighted by Gasteiger charge is 2.09. The third-order valence-electron chi connectivity index (χ3n) is 3.09. The zero-order chi connectivity index (χ0) is 17.0. The van der Waals surface area contributed by atoms with Gasteiger partial charge in [-0.05, 0) is 30.7 Å². The molecule has 2 aromatic rings. The molecule has 0 amide bonds. The lowest BCUT2D eigenvalue weighted by Crippen LogP contribution is -2.06. The van der Waals surface area contributed by atoms with E-state index in [4.69, 9.17) is 16.7 Å². The molecular formula is C15H13ClN3O4-. The monoisotopic (exact) mass is 334 g/mol. The number of aryl methyl sites for hydroxylation is 1. The Labute approximate surface area is 136 Å². The molecule has 8 heteroatoms. The molecule has 2 rings (SSSR count). The lowest BCUT2D eigenvalue weighted by molar-refractivity contribution is -0.269. The largest absolute Gasteiger partial charge is 0.871 e. The van der Waals surface area contributed by atoms with E-state index < -0.39 is 5.97 Å². The highest BCUT2D eigenvalue weighted by Crippen LogP contribution is 2.21. The third kappa shape index (κ3) is 3.77. The van der Waals surface area contributed by atoms with E-state index in [-0.39, 0.29) is 28.5 Å². The summed E-state index contributed by atoms with van der Waals surface area (Å²) in [7, 11) is 0. The van der Waals surface area contributed by atoms with Gasteiger partial charge in [-0.2, -0.15) is 5.10 Å². The number of nitrogens with zero attached hydrogens (tertiary/aromatic N) is 2. The second-order valence-corrected chi connectivity index (χ2v) is 5.05. The second kappa shape index (κ2) is 7.08. The lowest BCUT2D eigenvalue weighted by Gasteiger charge is -2.15. The van der Waals surface area contributed by atoms with Crippen LogP contribution in [0.1, 0.15) is 27.2 Å². The minimum absolute atomic E-state index is 0.0628. The second-order valence-electron chi connectivity index (χ2n) is 4.64. The Morgan fingerprint density at radius 1 is 1.52 bits per heavy atom. The predicted octanol–water partition coefficient (Wildman–Crippen LogP) is 1.75. The van der Waals surface area contributed by atoms with Crippen LogP contribution < -0.4 is 10.5 Å². The number of carboxylic acid groups (broad SMARTS) is 1. The number of aliphatic hydroxyl groups is 1. The van der Waals surface area contributed by atoms with Gasteiger partial charge in [0.15, 0.2) is 0 Å².